The average Bonchev–Trinajstić information content (AvgIpc) is 2.34. The van der Waals surface area contributed by atoms with E-state index in [0.717, 1.165) is 24.2 Å². The molecule has 0 aliphatic carbocycles. The van der Waals surface area contributed by atoms with Gasteiger partial charge in [0.05, 0.1) is 19.3 Å². The fourth-order valence-corrected chi connectivity index (χ4v) is 1.48. The molecule has 16 heavy (non-hydrogen) atoms. The van der Waals surface area contributed by atoms with Gasteiger partial charge in [-0.25, -0.2) is 4.79 Å². The molecule has 0 heterocycles. The van der Waals surface area contributed by atoms with Crippen molar-refractivity contribution in [3.05, 3.63) is 29.3 Å². The Balaban J connectivity index is 2.92. The Labute approximate surface area is 96.4 Å². The zero-order valence-corrected chi connectivity index (χ0v) is 10.1. The summed E-state index contributed by atoms with van der Waals surface area (Å²) >= 11 is 0. The highest BCUT2D eigenvalue weighted by Crippen LogP contribution is 2.19. The minimum Gasteiger partial charge on any atom is -0.494 e. The number of methoxy groups -OCH3 is 1. The van der Waals surface area contributed by atoms with Crippen LogP contribution in [-0.2, 0) is 11.2 Å². The van der Waals surface area contributed by atoms with E-state index >= 15 is 0 Å². The smallest absolute Gasteiger partial charge is 0.338 e. The average molecular weight is 222 g/mol. The fraction of sp³-hybridized carbons (Fsp3) is 0.462. The molecule has 88 valence electrons. The van der Waals surface area contributed by atoms with Gasteiger partial charge in [0.25, 0.3) is 0 Å². The predicted molar refractivity (Wildman–Crippen MR) is 62.9 cm³/mol. The molecule has 0 radical (unpaired) electrons. The number of carbonyl (C=O) groups excluding carboxylic acids is 1. The van der Waals surface area contributed by atoms with Crippen LogP contribution < -0.4 is 4.74 Å². The van der Waals surface area contributed by atoms with E-state index in [-0.39, 0.29) is 5.97 Å². The summed E-state index contributed by atoms with van der Waals surface area (Å²) in [6.07, 6.45) is 1.76. The van der Waals surface area contributed by atoms with Crippen LogP contribution in [0.15, 0.2) is 18.2 Å². The van der Waals surface area contributed by atoms with Crippen LogP contribution in [0.3, 0.4) is 0 Å². The number of ether oxygens (including phenoxy) is 2. The van der Waals surface area contributed by atoms with E-state index in [1.165, 1.54) is 7.11 Å². The number of aryl methyl sites for hydroxylation is 1. The van der Waals surface area contributed by atoms with Crippen LogP contribution in [0, 0.1) is 0 Å². The summed E-state index contributed by atoms with van der Waals surface area (Å²) in [6, 6.07) is 5.47. The van der Waals surface area contributed by atoms with Gasteiger partial charge in [-0.2, -0.15) is 0 Å². The molecule has 0 aliphatic rings. The van der Waals surface area contributed by atoms with Gasteiger partial charge in [0, 0.05) is 0 Å². The largest absolute Gasteiger partial charge is 0.494 e. The molecule has 3 heteroatoms. The Morgan fingerprint density at radius 3 is 2.62 bits per heavy atom. The van der Waals surface area contributed by atoms with Gasteiger partial charge in [-0.3, -0.25) is 0 Å². The van der Waals surface area contributed by atoms with Crippen molar-refractivity contribution in [2.75, 3.05) is 13.7 Å². The molecule has 0 unspecified atom stereocenters. The fourth-order valence-electron chi connectivity index (χ4n) is 1.48. The maximum absolute atomic E-state index is 11.5. The Hall–Kier alpha value is -1.51. The first-order chi connectivity index (χ1) is 7.72. The summed E-state index contributed by atoms with van der Waals surface area (Å²) in [5, 5.41) is 0. The Morgan fingerprint density at radius 1 is 1.31 bits per heavy atom. The summed E-state index contributed by atoms with van der Waals surface area (Å²) in [6.45, 7) is 4.76. The first-order valence-corrected chi connectivity index (χ1v) is 5.57. The standard InChI is InChI=1S/C13H18O3/c1-4-8-16-11-6-7-12(13(14)15-3)10(5-2)9-11/h6-7,9H,4-5,8H2,1-3H3. The first-order valence-electron chi connectivity index (χ1n) is 5.57. The lowest BCUT2D eigenvalue weighted by Gasteiger charge is -2.09. The molecule has 0 bridgehead atoms. The topological polar surface area (TPSA) is 35.5 Å². The third-order valence-corrected chi connectivity index (χ3v) is 2.34. The molecule has 0 saturated heterocycles. The lowest BCUT2D eigenvalue weighted by molar-refractivity contribution is 0.0599. The van der Waals surface area contributed by atoms with Crippen molar-refractivity contribution in [1.82, 2.24) is 0 Å². The van der Waals surface area contributed by atoms with Crippen LogP contribution >= 0.6 is 0 Å². The van der Waals surface area contributed by atoms with Crippen LogP contribution in [0.25, 0.3) is 0 Å². The van der Waals surface area contributed by atoms with Gasteiger partial charge < -0.3 is 9.47 Å². The van der Waals surface area contributed by atoms with Crippen molar-refractivity contribution < 1.29 is 14.3 Å². The molecular weight excluding hydrogens is 204 g/mol. The number of hydrogen-bond acceptors (Lipinski definition) is 3. The van der Waals surface area contributed by atoms with Gasteiger partial charge in [0.1, 0.15) is 5.75 Å². The Morgan fingerprint density at radius 2 is 2.06 bits per heavy atom. The molecule has 0 aromatic heterocycles. The van der Waals surface area contributed by atoms with Gasteiger partial charge in [-0.15, -0.1) is 0 Å². The van der Waals surface area contributed by atoms with Gasteiger partial charge in [-0.1, -0.05) is 13.8 Å². The summed E-state index contributed by atoms with van der Waals surface area (Å²) in [5.74, 6) is 0.519. The predicted octanol–water partition coefficient (Wildman–Crippen LogP) is 2.82. The van der Waals surface area contributed by atoms with E-state index < -0.39 is 0 Å². The zero-order chi connectivity index (χ0) is 12.0. The van der Waals surface area contributed by atoms with E-state index in [2.05, 4.69) is 6.92 Å². The molecule has 0 atom stereocenters. The SMILES string of the molecule is CCCOc1ccc(C(=O)OC)c(CC)c1. The van der Waals surface area contributed by atoms with Gasteiger partial charge >= 0.3 is 5.97 Å². The van der Waals surface area contributed by atoms with Gasteiger partial charge in [0.2, 0.25) is 0 Å². The summed E-state index contributed by atoms with van der Waals surface area (Å²) in [5.41, 5.74) is 1.58. The molecule has 1 aromatic rings. The molecule has 1 aromatic carbocycles. The molecule has 0 saturated carbocycles. The zero-order valence-electron chi connectivity index (χ0n) is 10.1. The van der Waals surface area contributed by atoms with Crippen LogP contribution in [0.4, 0.5) is 0 Å². The maximum atomic E-state index is 11.5. The molecule has 0 aliphatic heterocycles. The number of esters is 1. The van der Waals surface area contributed by atoms with Crippen molar-refractivity contribution >= 4 is 5.97 Å². The van der Waals surface area contributed by atoms with Crippen molar-refractivity contribution in [2.24, 2.45) is 0 Å². The first kappa shape index (κ1) is 12.6. The molecule has 0 N–H and O–H groups in total. The van der Waals surface area contributed by atoms with E-state index in [1.807, 2.05) is 13.0 Å². The van der Waals surface area contributed by atoms with Crippen molar-refractivity contribution in [3.8, 4) is 5.75 Å². The third-order valence-electron chi connectivity index (χ3n) is 2.34. The second-order valence-electron chi connectivity index (χ2n) is 3.51. The molecular formula is C13H18O3. The van der Waals surface area contributed by atoms with Gasteiger partial charge in [-0.05, 0) is 36.6 Å². The highest BCUT2D eigenvalue weighted by atomic mass is 16.5. The van der Waals surface area contributed by atoms with E-state index in [1.54, 1.807) is 12.1 Å². The van der Waals surface area contributed by atoms with Gasteiger partial charge in [0.15, 0.2) is 0 Å². The number of benzene rings is 1. The van der Waals surface area contributed by atoms with Crippen LogP contribution in [-0.4, -0.2) is 19.7 Å². The van der Waals surface area contributed by atoms with E-state index in [4.69, 9.17) is 9.47 Å². The van der Waals surface area contributed by atoms with E-state index in [0.29, 0.717) is 12.2 Å². The van der Waals surface area contributed by atoms with Crippen molar-refractivity contribution in [2.45, 2.75) is 26.7 Å². The maximum Gasteiger partial charge on any atom is 0.338 e. The highest BCUT2D eigenvalue weighted by Gasteiger charge is 2.11. The number of hydrogen-bond donors (Lipinski definition) is 0. The molecule has 0 amide bonds. The second-order valence-corrected chi connectivity index (χ2v) is 3.51. The minimum atomic E-state index is -0.293. The molecule has 1 rings (SSSR count). The normalized spacial score (nSPS) is 9.94. The Kier molecular flexibility index (Phi) is 4.83. The van der Waals surface area contributed by atoms with E-state index in [9.17, 15) is 4.79 Å². The van der Waals surface area contributed by atoms with Crippen molar-refractivity contribution in [1.29, 1.82) is 0 Å². The summed E-state index contributed by atoms with van der Waals surface area (Å²) in [4.78, 5) is 11.5. The highest BCUT2D eigenvalue weighted by molar-refractivity contribution is 5.91. The van der Waals surface area contributed by atoms with Crippen LogP contribution in [0.5, 0.6) is 5.75 Å². The Bertz CT molecular complexity index is 358. The van der Waals surface area contributed by atoms with Crippen molar-refractivity contribution in [3.63, 3.8) is 0 Å². The minimum absolute atomic E-state index is 0.293. The second kappa shape index (κ2) is 6.16. The lowest BCUT2D eigenvalue weighted by Crippen LogP contribution is -2.06. The lowest BCUT2D eigenvalue weighted by atomic mass is 10.1. The number of carbonyl (C=O) groups is 1. The number of rotatable bonds is 5. The summed E-state index contributed by atoms with van der Waals surface area (Å²) < 4.78 is 10.2. The third kappa shape index (κ3) is 2.99. The molecule has 3 nitrogen and oxygen atoms in total. The molecule has 0 spiro atoms. The monoisotopic (exact) mass is 222 g/mol. The molecule has 0 fully saturated rings. The summed E-state index contributed by atoms with van der Waals surface area (Å²) in [7, 11) is 1.39. The van der Waals surface area contributed by atoms with Crippen LogP contribution in [0.2, 0.25) is 0 Å². The quantitative estimate of drug-likeness (QED) is 0.719. The van der Waals surface area contributed by atoms with Crippen LogP contribution in [0.1, 0.15) is 36.2 Å².